The van der Waals surface area contributed by atoms with Crippen molar-refractivity contribution in [3.8, 4) is 5.95 Å². The molecule has 2 aromatic rings. The first-order chi connectivity index (χ1) is 9.95. The van der Waals surface area contributed by atoms with Crippen LogP contribution in [0.2, 0.25) is 0 Å². The predicted octanol–water partition coefficient (Wildman–Crippen LogP) is 0.638. The van der Waals surface area contributed by atoms with E-state index in [2.05, 4.69) is 44.1 Å². The summed E-state index contributed by atoms with van der Waals surface area (Å²) < 4.78 is 1.56. The summed E-state index contributed by atoms with van der Waals surface area (Å²) in [6.07, 6.45) is 3.42. The van der Waals surface area contributed by atoms with Gasteiger partial charge in [-0.25, -0.2) is 4.68 Å². The Morgan fingerprint density at radius 2 is 2.05 bits per heavy atom. The van der Waals surface area contributed by atoms with Crippen LogP contribution in [0.25, 0.3) is 5.95 Å². The molecular formula is C13H22N8. The van der Waals surface area contributed by atoms with Gasteiger partial charge in [0.2, 0.25) is 11.9 Å². The average Bonchev–Trinajstić information content (AvgIpc) is 2.90. The Hall–Kier alpha value is -2.22. The van der Waals surface area contributed by atoms with E-state index in [0.29, 0.717) is 17.8 Å². The number of rotatable bonds is 6. The third kappa shape index (κ3) is 4.12. The molecule has 0 fully saturated rings. The molecule has 0 bridgehead atoms. The molecule has 0 saturated heterocycles. The Morgan fingerprint density at radius 3 is 2.62 bits per heavy atom. The van der Waals surface area contributed by atoms with E-state index < -0.39 is 0 Å². The first-order valence-electron chi connectivity index (χ1n) is 6.88. The summed E-state index contributed by atoms with van der Waals surface area (Å²) in [6, 6.07) is 2.02. The highest BCUT2D eigenvalue weighted by molar-refractivity contribution is 5.35. The molecule has 0 aliphatic heterocycles. The molecule has 0 aromatic carbocycles. The van der Waals surface area contributed by atoms with Crippen LogP contribution >= 0.6 is 0 Å². The van der Waals surface area contributed by atoms with E-state index in [-0.39, 0.29) is 12.0 Å². The van der Waals surface area contributed by atoms with E-state index in [4.69, 9.17) is 5.73 Å². The van der Waals surface area contributed by atoms with Crippen molar-refractivity contribution < 1.29 is 0 Å². The zero-order chi connectivity index (χ0) is 15.4. The molecule has 8 nitrogen and oxygen atoms in total. The lowest BCUT2D eigenvalue weighted by molar-refractivity contribution is 0.343. The lowest BCUT2D eigenvalue weighted by Gasteiger charge is -2.25. The topological polar surface area (TPSA) is 97.8 Å². The normalized spacial score (nSPS) is 12.9. The predicted molar refractivity (Wildman–Crippen MR) is 82.2 cm³/mol. The Morgan fingerprint density at radius 1 is 1.29 bits per heavy atom. The Labute approximate surface area is 124 Å². The van der Waals surface area contributed by atoms with E-state index in [0.717, 1.165) is 6.54 Å². The van der Waals surface area contributed by atoms with E-state index in [1.165, 1.54) is 0 Å². The van der Waals surface area contributed by atoms with Crippen molar-refractivity contribution in [2.24, 2.45) is 5.92 Å². The maximum atomic E-state index is 5.76. The van der Waals surface area contributed by atoms with Crippen molar-refractivity contribution in [1.82, 2.24) is 29.6 Å². The molecular weight excluding hydrogens is 268 g/mol. The maximum Gasteiger partial charge on any atom is 0.257 e. The third-order valence-corrected chi connectivity index (χ3v) is 3.03. The minimum Gasteiger partial charge on any atom is -0.368 e. The van der Waals surface area contributed by atoms with Gasteiger partial charge in [0.25, 0.3) is 5.95 Å². The molecule has 0 spiro atoms. The lowest BCUT2D eigenvalue weighted by atomic mass is 10.0. The summed E-state index contributed by atoms with van der Waals surface area (Å²) in [4.78, 5) is 14.7. The summed E-state index contributed by atoms with van der Waals surface area (Å²) in [5.41, 5.74) is 5.76. The van der Waals surface area contributed by atoms with Gasteiger partial charge in [0.05, 0.1) is 0 Å². The number of anilines is 2. The Bertz CT molecular complexity index is 564. The van der Waals surface area contributed by atoms with E-state index in [9.17, 15) is 0 Å². The third-order valence-electron chi connectivity index (χ3n) is 3.03. The smallest absolute Gasteiger partial charge is 0.257 e. The molecule has 114 valence electrons. The van der Waals surface area contributed by atoms with Crippen LogP contribution in [0.3, 0.4) is 0 Å². The molecule has 8 heteroatoms. The van der Waals surface area contributed by atoms with Gasteiger partial charge < -0.3 is 16.0 Å². The monoisotopic (exact) mass is 290 g/mol. The van der Waals surface area contributed by atoms with E-state index in [1.54, 1.807) is 23.1 Å². The van der Waals surface area contributed by atoms with Crippen LogP contribution < -0.4 is 11.1 Å². The van der Waals surface area contributed by atoms with Crippen LogP contribution in [0.15, 0.2) is 18.5 Å². The summed E-state index contributed by atoms with van der Waals surface area (Å²) in [5.74, 6) is 1.47. The quantitative estimate of drug-likeness (QED) is 0.805. The van der Waals surface area contributed by atoms with Crippen molar-refractivity contribution in [3.63, 3.8) is 0 Å². The molecule has 21 heavy (non-hydrogen) atoms. The van der Waals surface area contributed by atoms with Crippen LogP contribution in [-0.4, -0.2) is 56.3 Å². The highest BCUT2D eigenvalue weighted by Gasteiger charge is 2.16. The maximum absolute atomic E-state index is 5.76. The molecule has 0 amide bonds. The van der Waals surface area contributed by atoms with Gasteiger partial charge in [-0.1, -0.05) is 13.8 Å². The van der Waals surface area contributed by atoms with Gasteiger partial charge in [0.1, 0.15) is 0 Å². The van der Waals surface area contributed by atoms with Crippen molar-refractivity contribution >= 4 is 11.9 Å². The van der Waals surface area contributed by atoms with Crippen LogP contribution in [0.5, 0.6) is 0 Å². The fraction of sp³-hybridized carbons (Fsp3) is 0.538. The molecule has 3 N–H and O–H groups in total. The number of nitrogens with zero attached hydrogens (tertiary/aromatic N) is 6. The van der Waals surface area contributed by atoms with Gasteiger partial charge in [-0.05, 0) is 26.1 Å². The Balaban J connectivity index is 2.23. The molecule has 2 aromatic heterocycles. The van der Waals surface area contributed by atoms with Crippen molar-refractivity contribution in [2.45, 2.75) is 19.9 Å². The zero-order valence-electron chi connectivity index (χ0n) is 12.9. The minimum atomic E-state index is 0.172. The SMILES string of the molecule is CC(C)C(CN(C)C)Nc1nc(N)nc(-n2cccn2)n1. The van der Waals surface area contributed by atoms with Crippen LogP contribution in [0.4, 0.5) is 11.9 Å². The highest BCUT2D eigenvalue weighted by Crippen LogP contribution is 2.12. The molecule has 1 atom stereocenters. The number of nitrogen functional groups attached to an aromatic ring is 1. The summed E-state index contributed by atoms with van der Waals surface area (Å²) in [7, 11) is 4.07. The number of aromatic nitrogens is 5. The van der Waals surface area contributed by atoms with Crippen LogP contribution in [-0.2, 0) is 0 Å². The first-order valence-corrected chi connectivity index (χ1v) is 6.88. The number of hydrogen-bond acceptors (Lipinski definition) is 7. The number of hydrogen-bond donors (Lipinski definition) is 2. The van der Waals surface area contributed by atoms with Gasteiger partial charge in [0, 0.05) is 25.0 Å². The summed E-state index contributed by atoms with van der Waals surface area (Å²) in [6.45, 7) is 5.18. The highest BCUT2D eigenvalue weighted by atomic mass is 15.4. The zero-order valence-corrected chi connectivity index (χ0v) is 12.9. The van der Waals surface area contributed by atoms with E-state index in [1.807, 2.05) is 14.1 Å². The van der Waals surface area contributed by atoms with Gasteiger partial charge in [-0.2, -0.15) is 20.1 Å². The molecule has 1 unspecified atom stereocenters. The molecule has 2 rings (SSSR count). The van der Waals surface area contributed by atoms with Crippen LogP contribution in [0.1, 0.15) is 13.8 Å². The average molecular weight is 290 g/mol. The van der Waals surface area contributed by atoms with Crippen molar-refractivity contribution in [1.29, 1.82) is 0 Å². The van der Waals surface area contributed by atoms with Crippen LogP contribution in [0, 0.1) is 5.92 Å². The number of nitrogens with two attached hydrogens (primary N) is 1. The summed E-state index contributed by atoms with van der Waals surface area (Å²) in [5, 5.41) is 7.43. The van der Waals surface area contributed by atoms with Gasteiger partial charge in [-0.15, -0.1) is 0 Å². The first kappa shape index (κ1) is 15.2. The molecule has 0 saturated carbocycles. The van der Waals surface area contributed by atoms with Gasteiger partial charge >= 0.3 is 0 Å². The fourth-order valence-corrected chi connectivity index (χ4v) is 1.92. The van der Waals surface area contributed by atoms with Gasteiger partial charge in [-0.3, -0.25) is 0 Å². The molecule has 2 heterocycles. The fourth-order valence-electron chi connectivity index (χ4n) is 1.92. The molecule has 0 radical (unpaired) electrons. The van der Waals surface area contributed by atoms with Crippen molar-refractivity contribution in [3.05, 3.63) is 18.5 Å². The van der Waals surface area contributed by atoms with Gasteiger partial charge in [0.15, 0.2) is 0 Å². The number of nitrogens with one attached hydrogen (secondary N) is 1. The Kier molecular flexibility index (Phi) is 4.69. The second-order valence-corrected chi connectivity index (χ2v) is 5.52. The van der Waals surface area contributed by atoms with E-state index >= 15 is 0 Å². The molecule has 0 aliphatic carbocycles. The van der Waals surface area contributed by atoms with Crippen molar-refractivity contribution in [2.75, 3.05) is 31.7 Å². The largest absolute Gasteiger partial charge is 0.368 e. The second kappa shape index (κ2) is 6.49. The lowest BCUT2D eigenvalue weighted by Crippen LogP contribution is -2.37. The molecule has 0 aliphatic rings. The summed E-state index contributed by atoms with van der Waals surface area (Å²) >= 11 is 0. The number of likely N-dealkylation sites (N-methyl/N-ethyl adjacent to an activating group) is 1. The standard InChI is InChI=1S/C13H22N8/c1-9(2)10(8-20(3)4)16-12-17-11(14)18-13(19-12)21-7-5-6-15-21/h5-7,9-10H,8H2,1-4H3,(H3,14,16,17,18,19). The second-order valence-electron chi connectivity index (χ2n) is 5.52. The minimum absolute atomic E-state index is 0.172.